The molecule has 0 fully saturated rings. The number of nitrogens with one attached hydrogen (secondary N) is 1. The highest BCUT2D eigenvalue weighted by Crippen LogP contribution is 2.32. The van der Waals surface area contributed by atoms with E-state index in [0.717, 1.165) is 16.7 Å². The lowest BCUT2D eigenvalue weighted by Gasteiger charge is -2.15. The lowest BCUT2D eigenvalue weighted by atomic mass is 9.95. The monoisotopic (exact) mass is 298 g/mol. The van der Waals surface area contributed by atoms with Crippen LogP contribution in [0.4, 0.5) is 10.5 Å². The summed E-state index contributed by atoms with van der Waals surface area (Å²) >= 11 is 0. The SMILES string of the molecule is CNC(=O)Oc1cc(C)c(-c2ccc(N(C)C)cc2)c(C)c1. The maximum absolute atomic E-state index is 11.3. The molecule has 4 nitrogen and oxygen atoms in total. The third kappa shape index (κ3) is 3.39. The Labute approximate surface area is 131 Å². The number of nitrogens with zero attached hydrogens (tertiary/aromatic N) is 1. The van der Waals surface area contributed by atoms with E-state index >= 15 is 0 Å². The quantitative estimate of drug-likeness (QED) is 0.938. The number of rotatable bonds is 3. The number of aryl methyl sites for hydroxylation is 2. The van der Waals surface area contributed by atoms with Crippen molar-refractivity contribution in [2.75, 3.05) is 26.0 Å². The van der Waals surface area contributed by atoms with E-state index in [2.05, 4.69) is 34.5 Å². The van der Waals surface area contributed by atoms with Gasteiger partial charge in [0.2, 0.25) is 0 Å². The first-order valence-corrected chi connectivity index (χ1v) is 7.21. The van der Waals surface area contributed by atoms with Gasteiger partial charge in [-0.15, -0.1) is 0 Å². The molecule has 0 atom stereocenters. The molecular weight excluding hydrogens is 276 g/mol. The van der Waals surface area contributed by atoms with Crippen molar-refractivity contribution in [3.63, 3.8) is 0 Å². The van der Waals surface area contributed by atoms with Gasteiger partial charge in [0.15, 0.2) is 0 Å². The van der Waals surface area contributed by atoms with Crippen molar-refractivity contribution in [1.82, 2.24) is 5.32 Å². The van der Waals surface area contributed by atoms with Gasteiger partial charge in [-0.25, -0.2) is 4.79 Å². The standard InChI is InChI=1S/C18H22N2O2/c1-12-10-16(22-18(21)19-3)11-13(2)17(12)14-6-8-15(9-7-14)20(4)5/h6-11H,1-5H3,(H,19,21). The van der Waals surface area contributed by atoms with Crippen LogP contribution in [0.5, 0.6) is 5.75 Å². The summed E-state index contributed by atoms with van der Waals surface area (Å²) in [5.74, 6) is 0.558. The first-order chi connectivity index (χ1) is 10.4. The van der Waals surface area contributed by atoms with Gasteiger partial charge in [0, 0.05) is 26.8 Å². The van der Waals surface area contributed by atoms with Gasteiger partial charge in [0.1, 0.15) is 5.75 Å². The van der Waals surface area contributed by atoms with Crippen molar-refractivity contribution >= 4 is 11.8 Å². The summed E-state index contributed by atoms with van der Waals surface area (Å²) in [4.78, 5) is 13.4. The van der Waals surface area contributed by atoms with Crippen LogP contribution < -0.4 is 15.0 Å². The van der Waals surface area contributed by atoms with E-state index in [9.17, 15) is 4.79 Å². The van der Waals surface area contributed by atoms with Gasteiger partial charge in [0.05, 0.1) is 0 Å². The number of anilines is 1. The molecule has 0 saturated carbocycles. The number of hydrogen-bond donors (Lipinski definition) is 1. The molecule has 22 heavy (non-hydrogen) atoms. The van der Waals surface area contributed by atoms with Crippen molar-refractivity contribution in [1.29, 1.82) is 0 Å². The topological polar surface area (TPSA) is 41.6 Å². The molecule has 0 aliphatic heterocycles. The zero-order valence-corrected chi connectivity index (χ0v) is 13.7. The Balaban J connectivity index is 2.37. The summed E-state index contributed by atoms with van der Waals surface area (Å²) in [5.41, 5.74) is 5.66. The minimum atomic E-state index is -0.457. The molecule has 0 heterocycles. The second kappa shape index (κ2) is 6.52. The molecule has 1 amide bonds. The number of hydrogen-bond acceptors (Lipinski definition) is 3. The zero-order chi connectivity index (χ0) is 16.3. The van der Waals surface area contributed by atoms with Crippen LogP contribution in [0.1, 0.15) is 11.1 Å². The van der Waals surface area contributed by atoms with E-state index in [1.165, 1.54) is 11.3 Å². The Hall–Kier alpha value is -2.49. The largest absolute Gasteiger partial charge is 0.412 e. The number of carbonyl (C=O) groups excluding carboxylic acids is 1. The van der Waals surface area contributed by atoms with E-state index < -0.39 is 6.09 Å². The average molecular weight is 298 g/mol. The van der Waals surface area contributed by atoms with Crippen LogP contribution in [-0.2, 0) is 0 Å². The second-order valence-electron chi connectivity index (χ2n) is 5.51. The zero-order valence-electron chi connectivity index (χ0n) is 13.7. The molecule has 0 aliphatic carbocycles. The summed E-state index contributed by atoms with van der Waals surface area (Å²) < 4.78 is 5.21. The normalized spacial score (nSPS) is 10.2. The van der Waals surface area contributed by atoms with Crippen LogP contribution >= 0.6 is 0 Å². The molecular formula is C18H22N2O2. The number of benzene rings is 2. The summed E-state index contributed by atoms with van der Waals surface area (Å²) in [7, 11) is 5.59. The van der Waals surface area contributed by atoms with E-state index in [1.807, 2.05) is 40.1 Å². The Morgan fingerprint density at radius 2 is 1.59 bits per heavy atom. The number of amides is 1. The van der Waals surface area contributed by atoms with Crippen LogP contribution in [0.2, 0.25) is 0 Å². The van der Waals surface area contributed by atoms with Crippen molar-refractivity contribution in [3.8, 4) is 16.9 Å². The third-order valence-electron chi connectivity index (χ3n) is 3.59. The predicted octanol–water partition coefficient (Wildman–Crippen LogP) is 3.75. The lowest BCUT2D eigenvalue weighted by Crippen LogP contribution is -2.22. The molecule has 116 valence electrons. The number of ether oxygens (including phenoxy) is 1. The summed E-state index contributed by atoms with van der Waals surface area (Å²) in [6, 6.07) is 12.2. The fourth-order valence-corrected chi connectivity index (χ4v) is 2.52. The van der Waals surface area contributed by atoms with Gasteiger partial charge in [-0.2, -0.15) is 0 Å². The Morgan fingerprint density at radius 3 is 2.05 bits per heavy atom. The number of carbonyl (C=O) groups is 1. The molecule has 0 aliphatic rings. The fraction of sp³-hybridized carbons (Fsp3) is 0.278. The first kappa shape index (κ1) is 15.9. The molecule has 0 bridgehead atoms. The van der Waals surface area contributed by atoms with Crippen molar-refractivity contribution in [2.24, 2.45) is 0 Å². The highest BCUT2D eigenvalue weighted by atomic mass is 16.5. The summed E-state index contributed by atoms with van der Waals surface area (Å²) in [6.07, 6.45) is -0.457. The molecule has 2 rings (SSSR count). The van der Waals surface area contributed by atoms with Crippen LogP contribution in [0, 0.1) is 13.8 Å². The fourth-order valence-electron chi connectivity index (χ4n) is 2.52. The predicted molar refractivity (Wildman–Crippen MR) is 90.8 cm³/mol. The molecule has 2 aromatic rings. The maximum Gasteiger partial charge on any atom is 0.412 e. The van der Waals surface area contributed by atoms with Crippen molar-refractivity contribution in [2.45, 2.75) is 13.8 Å². The molecule has 0 aromatic heterocycles. The molecule has 0 spiro atoms. The van der Waals surface area contributed by atoms with Crippen LogP contribution in [-0.4, -0.2) is 27.2 Å². The first-order valence-electron chi connectivity index (χ1n) is 7.21. The van der Waals surface area contributed by atoms with E-state index in [-0.39, 0.29) is 0 Å². The second-order valence-corrected chi connectivity index (χ2v) is 5.51. The third-order valence-corrected chi connectivity index (χ3v) is 3.59. The molecule has 1 N–H and O–H groups in total. The highest BCUT2D eigenvalue weighted by molar-refractivity contribution is 5.75. The minimum absolute atomic E-state index is 0.457. The summed E-state index contributed by atoms with van der Waals surface area (Å²) in [5, 5.41) is 2.45. The minimum Gasteiger partial charge on any atom is -0.410 e. The Morgan fingerprint density at radius 1 is 1.05 bits per heavy atom. The lowest BCUT2D eigenvalue weighted by molar-refractivity contribution is 0.203. The van der Waals surface area contributed by atoms with Gasteiger partial charge in [-0.05, 0) is 60.4 Å². The van der Waals surface area contributed by atoms with Crippen LogP contribution in [0.15, 0.2) is 36.4 Å². The molecule has 0 unspecified atom stereocenters. The van der Waals surface area contributed by atoms with Crippen molar-refractivity contribution in [3.05, 3.63) is 47.5 Å². The van der Waals surface area contributed by atoms with Gasteiger partial charge >= 0.3 is 6.09 Å². The maximum atomic E-state index is 11.3. The Bertz CT molecular complexity index is 653. The van der Waals surface area contributed by atoms with Gasteiger partial charge < -0.3 is 15.0 Å². The highest BCUT2D eigenvalue weighted by Gasteiger charge is 2.10. The van der Waals surface area contributed by atoms with Crippen LogP contribution in [0.3, 0.4) is 0 Å². The van der Waals surface area contributed by atoms with Gasteiger partial charge in [-0.3, -0.25) is 0 Å². The smallest absolute Gasteiger partial charge is 0.410 e. The van der Waals surface area contributed by atoms with Gasteiger partial charge in [-0.1, -0.05) is 12.1 Å². The summed E-state index contributed by atoms with van der Waals surface area (Å²) in [6.45, 7) is 4.05. The van der Waals surface area contributed by atoms with Crippen LogP contribution in [0.25, 0.3) is 11.1 Å². The van der Waals surface area contributed by atoms with E-state index in [0.29, 0.717) is 5.75 Å². The molecule has 4 heteroatoms. The van der Waals surface area contributed by atoms with E-state index in [4.69, 9.17) is 4.74 Å². The molecule has 0 saturated heterocycles. The average Bonchev–Trinajstić information content (AvgIpc) is 2.47. The molecule has 0 radical (unpaired) electrons. The van der Waals surface area contributed by atoms with Gasteiger partial charge in [0.25, 0.3) is 0 Å². The van der Waals surface area contributed by atoms with E-state index in [1.54, 1.807) is 7.05 Å². The Kier molecular flexibility index (Phi) is 4.71. The molecule has 2 aromatic carbocycles. The van der Waals surface area contributed by atoms with Crippen molar-refractivity contribution < 1.29 is 9.53 Å².